The van der Waals surface area contributed by atoms with E-state index >= 15 is 0 Å². The Labute approximate surface area is 106 Å². The minimum absolute atomic E-state index is 0.106. The van der Waals surface area contributed by atoms with E-state index in [-0.39, 0.29) is 5.78 Å². The van der Waals surface area contributed by atoms with Crippen LogP contribution in [-0.2, 0) is 0 Å². The highest BCUT2D eigenvalue weighted by atomic mass is 32.1. The maximum absolute atomic E-state index is 12.2. The van der Waals surface area contributed by atoms with E-state index in [2.05, 4.69) is 0 Å². The molecule has 0 unspecified atom stereocenters. The smallest absolute Gasteiger partial charge is 0.194 e. The van der Waals surface area contributed by atoms with Crippen LogP contribution in [0.5, 0.6) is 0 Å². The van der Waals surface area contributed by atoms with E-state index < -0.39 is 0 Å². The molecule has 0 spiro atoms. The lowest BCUT2D eigenvalue weighted by Gasteiger charge is -2.12. The third-order valence-electron chi connectivity index (χ3n) is 2.75. The molecule has 0 atom stereocenters. The Morgan fingerprint density at radius 3 is 2.24 bits per heavy atom. The number of rotatable bonds is 3. The number of benzene rings is 1. The highest BCUT2D eigenvalue weighted by Gasteiger charge is 2.12. The largest absolute Gasteiger partial charge is 0.378 e. The second-order valence-corrected chi connectivity index (χ2v) is 5.28. The molecule has 0 bridgehead atoms. The second kappa shape index (κ2) is 4.72. The molecule has 2 rings (SSSR count). The zero-order chi connectivity index (χ0) is 12.4. The number of nitrogens with zero attached hydrogens (tertiary/aromatic N) is 1. The van der Waals surface area contributed by atoms with Gasteiger partial charge in [-0.05, 0) is 42.6 Å². The van der Waals surface area contributed by atoms with Gasteiger partial charge in [-0.3, -0.25) is 4.79 Å². The number of hydrogen-bond donors (Lipinski definition) is 0. The summed E-state index contributed by atoms with van der Waals surface area (Å²) in [5.41, 5.74) is 2.66. The van der Waals surface area contributed by atoms with Gasteiger partial charge in [-0.25, -0.2) is 0 Å². The molecular weight excluding hydrogens is 230 g/mol. The molecule has 0 amide bonds. The van der Waals surface area contributed by atoms with Gasteiger partial charge in [0.25, 0.3) is 0 Å². The Bertz CT molecular complexity index is 525. The molecule has 0 aliphatic carbocycles. The lowest BCUT2D eigenvalue weighted by Crippen LogP contribution is -2.09. The van der Waals surface area contributed by atoms with E-state index in [9.17, 15) is 4.79 Å². The van der Waals surface area contributed by atoms with Crippen LogP contribution in [0.25, 0.3) is 0 Å². The Hall–Kier alpha value is -1.61. The first-order valence-electron chi connectivity index (χ1n) is 5.46. The minimum Gasteiger partial charge on any atom is -0.378 e. The summed E-state index contributed by atoms with van der Waals surface area (Å²) < 4.78 is 0. The van der Waals surface area contributed by atoms with Crippen molar-refractivity contribution in [3.05, 3.63) is 51.7 Å². The van der Waals surface area contributed by atoms with Crippen LogP contribution in [-0.4, -0.2) is 19.9 Å². The van der Waals surface area contributed by atoms with E-state index in [0.29, 0.717) is 0 Å². The van der Waals surface area contributed by atoms with Crippen LogP contribution in [0.1, 0.15) is 20.8 Å². The predicted molar refractivity (Wildman–Crippen MR) is 73.3 cm³/mol. The highest BCUT2D eigenvalue weighted by Crippen LogP contribution is 2.20. The van der Waals surface area contributed by atoms with Crippen molar-refractivity contribution in [1.82, 2.24) is 0 Å². The third-order valence-corrected chi connectivity index (χ3v) is 3.59. The van der Waals surface area contributed by atoms with Crippen LogP contribution in [0, 0.1) is 6.92 Å². The van der Waals surface area contributed by atoms with Crippen molar-refractivity contribution in [2.24, 2.45) is 0 Å². The highest BCUT2D eigenvalue weighted by molar-refractivity contribution is 7.10. The number of carbonyl (C=O) groups excluding carboxylic acids is 1. The topological polar surface area (TPSA) is 20.3 Å². The molecule has 0 saturated carbocycles. The summed E-state index contributed by atoms with van der Waals surface area (Å²) in [4.78, 5) is 15.3. The maximum atomic E-state index is 12.2. The maximum Gasteiger partial charge on any atom is 0.194 e. The molecule has 0 fully saturated rings. The van der Waals surface area contributed by atoms with E-state index in [1.165, 1.54) is 0 Å². The van der Waals surface area contributed by atoms with Crippen molar-refractivity contribution in [3.63, 3.8) is 0 Å². The fourth-order valence-corrected chi connectivity index (χ4v) is 2.38. The normalized spacial score (nSPS) is 10.3. The van der Waals surface area contributed by atoms with Gasteiger partial charge >= 0.3 is 0 Å². The summed E-state index contributed by atoms with van der Waals surface area (Å²) in [5, 5.41) is 1.96. The van der Waals surface area contributed by atoms with Gasteiger partial charge in [0, 0.05) is 35.8 Å². The van der Waals surface area contributed by atoms with Gasteiger partial charge in [0.1, 0.15) is 0 Å². The van der Waals surface area contributed by atoms with Crippen LogP contribution in [0.3, 0.4) is 0 Å². The fraction of sp³-hybridized carbons (Fsp3) is 0.214. The van der Waals surface area contributed by atoms with Gasteiger partial charge in [0.05, 0.1) is 0 Å². The van der Waals surface area contributed by atoms with Gasteiger partial charge in [-0.2, -0.15) is 0 Å². The number of ketones is 1. The first-order chi connectivity index (χ1) is 8.09. The molecule has 0 N–H and O–H groups in total. The van der Waals surface area contributed by atoms with E-state index in [1.807, 2.05) is 61.6 Å². The summed E-state index contributed by atoms with van der Waals surface area (Å²) in [6.45, 7) is 1.98. The summed E-state index contributed by atoms with van der Waals surface area (Å²) in [6.07, 6.45) is 0. The van der Waals surface area contributed by atoms with Gasteiger partial charge < -0.3 is 4.90 Å². The lowest BCUT2D eigenvalue weighted by atomic mass is 10.0. The van der Waals surface area contributed by atoms with E-state index in [0.717, 1.165) is 21.7 Å². The summed E-state index contributed by atoms with van der Waals surface area (Å²) in [6, 6.07) is 9.59. The predicted octanol–water partition coefficient (Wildman–Crippen LogP) is 3.35. The van der Waals surface area contributed by atoms with E-state index in [4.69, 9.17) is 0 Å². The molecular formula is C14H15NOS. The molecule has 0 aliphatic heterocycles. The molecule has 0 aliphatic rings. The molecule has 2 aromatic rings. The monoisotopic (exact) mass is 245 g/mol. The van der Waals surface area contributed by atoms with Gasteiger partial charge in [-0.1, -0.05) is 0 Å². The molecule has 88 valence electrons. The molecule has 17 heavy (non-hydrogen) atoms. The van der Waals surface area contributed by atoms with Crippen molar-refractivity contribution >= 4 is 22.8 Å². The number of aryl methyl sites for hydroxylation is 1. The van der Waals surface area contributed by atoms with Crippen molar-refractivity contribution in [1.29, 1.82) is 0 Å². The number of hydrogen-bond acceptors (Lipinski definition) is 3. The molecule has 0 radical (unpaired) electrons. The summed E-state index contributed by atoms with van der Waals surface area (Å²) in [7, 11) is 3.97. The van der Waals surface area contributed by atoms with Crippen molar-refractivity contribution in [2.45, 2.75) is 6.92 Å². The first kappa shape index (κ1) is 11.9. The molecule has 1 heterocycles. The molecule has 3 heteroatoms. The Morgan fingerprint density at radius 1 is 1.12 bits per heavy atom. The van der Waals surface area contributed by atoms with Gasteiger partial charge in [0.15, 0.2) is 5.78 Å². The molecule has 2 nitrogen and oxygen atoms in total. The van der Waals surface area contributed by atoms with Crippen LogP contribution in [0.2, 0.25) is 0 Å². The van der Waals surface area contributed by atoms with Crippen LogP contribution in [0.15, 0.2) is 35.7 Å². The average molecular weight is 245 g/mol. The number of carbonyl (C=O) groups is 1. The molecule has 0 saturated heterocycles. The zero-order valence-corrected chi connectivity index (χ0v) is 11.0. The third kappa shape index (κ3) is 2.39. The molecule has 1 aromatic heterocycles. The van der Waals surface area contributed by atoms with Crippen molar-refractivity contribution < 1.29 is 4.79 Å². The lowest BCUT2D eigenvalue weighted by molar-refractivity contribution is 0.103. The minimum atomic E-state index is 0.106. The van der Waals surface area contributed by atoms with Crippen molar-refractivity contribution in [2.75, 3.05) is 19.0 Å². The van der Waals surface area contributed by atoms with Crippen molar-refractivity contribution in [3.8, 4) is 0 Å². The zero-order valence-electron chi connectivity index (χ0n) is 10.2. The average Bonchev–Trinajstić information content (AvgIpc) is 2.74. The Morgan fingerprint density at radius 2 is 1.76 bits per heavy atom. The first-order valence-corrected chi connectivity index (χ1v) is 6.34. The molecule has 1 aromatic carbocycles. The SMILES string of the molecule is Cc1sccc1C(=O)c1ccc(N(C)C)cc1. The van der Waals surface area contributed by atoms with Crippen LogP contribution < -0.4 is 4.90 Å². The Balaban J connectivity index is 2.29. The number of anilines is 1. The van der Waals surface area contributed by atoms with Crippen LogP contribution >= 0.6 is 11.3 Å². The summed E-state index contributed by atoms with van der Waals surface area (Å²) >= 11 is 1.61. The van der Waals surface area contributed by atoms with Gasteiger partial charge in [0.2, 0.25) is 0 Å². The van der Waals surface area contributed by atoms with Crippen LogP contribution in [0.4, 0.5) is 5.69 Å². The van der Waals surface area contributed by atoms with Gasteiger partial charge in [-0.15, -0.1) is 11.3 Å². The Kier molecular flexibility index (Phi) is 3.29. The second-order valence-electron chi connectivity index (χ2n) is 4.16. The summed E-state index contributed by atoms with van der Waals surface area (Å²) in [5.74, 6) is 0.106. The fourth-order valence-electron chi connectivity index (χ4n) is 1.69. The number of thiophene rings is 1. The van der Waals surface area contributed by atoms with E-state index in [1.54, 1.807) is 11.3 Å². The standard InChI is InChI=1S/C14H15NOS/c1-10-13(8-9-17-10)14(16)11-4-6-12(7-5-11)15(2)3/h4-9H,1-3H3. The quantitative estimate of drug-likeness (QED) is 0.773.